The molecule has 1 saturated heterocycles. The van der Waals surface area contributed by atoms with Gasteiger partial charge < -0.3 is 20.1 Å². The van der Waals surface area contributed by atoms with Gasteiger partial charge in [-0.1, -0.05) is 0 Å². The molecule has 0 unspecified atom stereocenters. The number of aromatic nitrogens is 5. The number of hydrogen-bond donors (Lipinski definition) is 2. The number of anilines is 3. The Bertz CT molecular complexity index is 985. The van der Waals surface area contributed by atoms with Gasteiger partial charge in [0.05, 0.1) is 6.33 Å². The molecular formula is C20H26N8O. The van der Waals surface area contributed by atoms with Crippen molar-refractivity contribution in [3.8, 4) is 0 Å². The molecule has 0 saturated carbocycles. The largest absolute Gasteiger partial charge is 0.368 e. The van der Waals surface area contributed by atoms with Crippen molar-refractivity contribution in [2.75, 3.05) is 30.3 Å². The zero-order chi connectivity index (χ0) is 20.2. The maximum absolute atomic E-state index is 11.8. The molecule has 3 aromatic rings. The molecule has 29 heavy (non-hydrogen) atoms. The summed E-state index contributed by atoms with van der Waals surface area (Å²) in [6.07, 6.45) is 7.74. The lowest BCUT2D eigenvalue weighted by atomic mass is 10.3. The summed E-state index contributed by atoms with van der Waals surface area (Å²) >= 11 is 0. The zero-order valence-electron chi connectivity index (χ0n) is 16.8. The van der Waals surface area contributed by atoms with E-state index in [1.165, 1.54) is 0 Å². The predicted octanol–water partition coefficient (Wildman–Crippen LogP) is 2.97. The number of nitrogens with zero attached hydrogens (tertiary/aromatic N) is 6. The lowest BCUT2D eigenvalue weighted by Crippen LogP contribution is -2.27. The molecule has 1 aliphatic rings. The van der Waals surface area contributed by atoms with E-state index in [2.05, 4.69) is 44.4 Å². The number of pyridine rings is 1. The van der Waals surface area contributed by atoms with Crippen LogP contribution in [0.3, 0.4) is 0 Å². The van der Waals surface area contributed by atoms with Crippen molar-refractivity contribution in [2.24, 2.45) is 0 Å². The molecule has 1 fully saturated rings. The van der Waals surface area contributed by atoms with Gasteiger partial charge in [-0.2, -0.15) is 9.97 Å². The quantitative estimate of drug-likeness (QED) is 0.566. The third-order valence-electron chi connectivity index (χ3n) is 4.98. The van der Waals surface area contributed by atoms with Crippen LogP contribution in [-0.4, -0.2) is 54.9 Å². The standard InChI is InChI=1S/C20H26N8O/c1-14(2)28-13-23-17-18(22-8-4-12-27-11-3-5-16(27)29)25-20(26-19(17)28)24-15-6-9-21-10-7-15/h6-7,9-10,13-14H,3-5,8,11-12H2,1-2H3,(H2,21,22,24,25,26). The Morgan fingerprint density at radius 2 is 2.03 bits per heavy atom. The molecule has 152 valence electrons. The van der Waals surface area contributed by atoms with E-state index in [9.17, 15) is 4.79 Å². The molecule has 0 aliphatic carbocycles. The molecule has 0 bridgehead atoms. The van der Waals surface area contributed by atoms with Gasteiger partial charge in [-0.3, -0.25) is 9.78 Å². The van der Waals surface area contributed by atoms with Gasteiger partial charge in [0.1, 0.15) is 0 Å². The number of carbonyl (C=O) groups is 1. The van der Waals surface area contributed by atoms with Crippen LogP contribution in [0.4, 0.5) is 17.5 Å². The Hall–Kier alpha value is -3.23. The second kappa shape index (κ2) is 8.42. The molecule has 0 atom stereocenters. The summed E-state index contributed by atoms with van der Waals surface area (Å²) in [5.74, 6) is 1.45. The Kier molecular flexibility index (Phi) is 5.55. The number of amides is 1. The Morgan fingerprint density at radius 3 is 2.76 bits per heavy atom. The van der Waals surface area contributed by atoms with E-state index >= 15 is 0 Å². The molecule has 9 nitrogen and oxygen atoms in total. The lowest BCUT2D eigenvalue weighted by molar-refractivity contribution is -0.127. The number of hydrogen-bond acceptors (Lipinski definition) is 7. The zero-order valence-corrected chi connectivity index (χ0v) is 16.8. The monoisotopic (exact) mass is 394 g/mol. The molecule has 2 N–H and O–H groups in total. The first kappa shape index (κ1) is 19.1. The van der Waals surface area contributed by atoms with E-state index in [0.29, 0.717) is 24.7 Å². The molecule has 4 rings (SSSR count). The Labute approximate surface area is 169 Å². The Morgan fingerprint density at radius 1 is 1.21 bits per heavy atom. The molecule has 1 aliphatic heterocycles. The summed E-state index contributed by atoms with van der Waals surface area (Å²) in [7, 11) is 0. The maximum atomic E-state index is 11.8. The number of nitrogens with one attached hydrogen (secondary N) is 2. The molecule has 0 radical (unpaired) electrons. The molecule has 0 aromatic carbocycles. The predicted molar refractivity (Wildman–Crippen MR) is 112 cm³/mol. The summed E-state index contributed by atoms with van der Waals surface area (Å²) < 4.78 is 2.03. The lowest BCUT2D eigenvalue weighted by Gasteiger charge is -2.16. The van der Waals surface area contributed by atoms with Gasteiger partial charge in [0, 0.05) is 50.2 Å². The van der Waals surface area contributed by atoms with Crippen molar-refractivity contribution in [2.45, 2.75) is 39.2 Å². The highest BCUT2D eigenvalue weighted by Gasteiger charge is 2.19. The summed E-state index contributed by atoms with van der Waals surface area (Å²) in [6, 6.07) is 3.97. The number of imidazole rings is 1. The summed E-state index contributed by atoms with van der Waals surface area (Å²) in [5, 5.41) is 6.62. The van der Waals surface area contributed by atoms with Crippen molar-refractivity contribution in [3.05, 3.63) is 30.9 Å². The van der Waals surface area contributed by atoms with Crippen molar-refractivity contribution in [3.63, 3.8) is 0 Å². The van der Waals surface area contributed by atoms with Crippen LogP contribution in [0.1, 0.15) is 39.2 Å². The second-order valence-corrected chi connectivity index (χ2v) is 7.44. The normalized spacial score (nSPS) is 14.2. The van der Waals surface area contributed by atoms with Crippen LogP contribution in [0.5, 0.6) is 0 Å². The van der Waals surface area contributed by atoms with Gasteiger partial charge in [0.2, 0.25) is 11.9 Å². The second-order valence-electron chi connectivity index (χ2n) is 7.44. The van der Waals surface area contributed by atoms with Gasteiger partial charge >= 0.3 is 0 Å². The van der Waals surface area contributed by atoms with E-state index in [1.54, 1.807) is 18.7 Å². The fourth-order valence-corrected chi connectivity index (χ4v) is 3.46. The van der Waals surface area contributed by atoms with Crippen molar-refractivity contribution in [1.29, 1.82) is 0 Å². The topological polar surface area (TPSA) is 101 Å². The number of rotatable bonds is 8. The smallest absolute Gasteiger partial charge is 0.231 e. The van der Waals surface area contributed by atoms with Crippen LogP contribution in [0, 0.1) is 0 Å². The van der Waals surface area contributed by atoms with E-state index in [1.807, 2.05) is 21.6 Å². The minimum absolute atomic E-state index is 0.234. The van der Waals surface area contributed by atoms with Crippen LogP contribution < -0.4 is 10.6 Å². The summed E-state index contributed by atoms with van der Waals surface area (Å²) in [5.41, 5.74) is 2.40. The van der Waals surface area contributed by atoms with Gasteiger partial charge in [0.25, 0.3) is 0 Å². The number of likely N-dealkylation sites (tertiary alicyclic amines) is 1. The van der Waals surface area contributed by atoms with E-state index in [4.69, 9.17) is 0 Å². The van der Waals surface area contributed by atoms with E-state index < -0.39 is 0 Å². The van der Waals surface area contributed by atoms with E-state index in [-0.39, 0.29) is 11.9 Å². The first-order chi connectivity index (χ1) is 14.1. The molecule has 9 heteroatoms. The Balaban J connectivity index is 1.53. The maximum Gasteiger partial charge on any atom is 0.231 e. The number of carbonyl (C=O) groups excluding carboxylic acids is 1. The SMILES string of the molecule is CC(C)n1cnc2c(NCCCN3CCCC3=O)nc(Nc3ccncc3)nc21. The first-order valence-corrected chi connectivity index (χ1v) is 10.0. The average molecular weight is 394 g/mol. The molecule has 1 amide bonds. The highest BCUT2D eigenvalue weighted by molar-refractivity contribution is 5.84. The highest BCUT2D eigenvalue weighted by atomic mass is 16.2. The third-order valence-corrected chi connectivity index (χ3v) is 4.98. The fourth-order valence-electron chi connectivity index (χ4n) is 3.46. The molecule has 3 aromatic heterocycles. The van der Waals surface area contributed by atoms with Gasteiger partial charge in [-0.25, -0.2) is 4.98 Å². The first-order valence-electron chi connectivity index (χ1n) is 10.0. The minimum Gasteiger partial charge on any atom is -0.368 e. The summed E-state index contributed by atoms with van der Waals surface area (Å²) in [4.78, 5) is 31.6. The van der Waals surface area contributed by atoms with Crippen molar-refractivity contribution >= 4 is 34.5 Å². The molecular weight excluding hydrogens is 368 g/mol. The fraction of sp³-hybridized carbons (Fsp3) is 0.450. The van der Waals surface area contributed by atoms with Crippen molar-refractivity contribution < 1.29 is 4.79 Å². The molecule has 4 heterocycles. The third kappa shape index (κ3) is 4.28. The van der Waals surface area contributed by atoms with Gasteiger partial charge in [-0.15, -0.1) is 0 Å². The van der Waals surface area contributed by atoms with Crippen molar-refractivity contribution in [1.82, 2.24) is 29.4 Å². The van der Waals surface area contributed by atoms with Crippen LogP contribution in [0.15, 0.2) is 30.9 Å². The number of fused-ring (bicyclic) bond motifs is 1. The molecule has 0 spiro atoms. The van der Waals surface area contributed by atoms with Crippen LogP contribution in [0.25, 0.3) is 11.2 Å². The van der Waals surface area contributed by atoms with Crippen LogP contribution >= 0.6 is 0 Å². The summed E-state index contributed by atoms with van der Waals surface area (Å²) in [6.45, 7) is 6.54. The average Bonchev–Trinajstić information content (AvgIpc) is 3.32. The van der Waals surface area contributed by atoms with Crippen LogP contribution in [0.2, 0.25) is 0 Å². The minimum atomic E-state index is 0.234. The highest BCUT2D eigenvalue weighted by Crippen LogP contribution is 2.24. The van der Waals surface area contributed by atoms with Gasteiger partial charge in [0.15, 0.2) is 17.0 Å². The van der Waals surface area contributed by atoms with Crippen LogP contribution in [-0.2, 0) is 4.79 Å². The van der Waals surface area contributed by atoms with Gasteiger partial charge in [-0.05, 0) is 38.8 Å². The van der Waals surface area contributed by atoms with E-state index in [0.717, 1.165) is 42.8 Å².